The van der Waals surface area contributed by atoms with E-state index in [9.17, 15) is 14.0 Å². The fourth-order valence-electron chi connectivity index (χ4n) is 3.35. The molecule has 9 heteroatoms. The number of rotatable bonds is 2. The SMILES string of the molecule is O=C(c1cc(Cl)cc(Cl)c1)N1CCN(C(=O)c2cc(F)cc3nccnc23)CC1. The second kappa shape index (κ2) is 7.93. The molecule has 0 atom stereocenters. The lowest BCUT2D eigenvalue weighted by molar-refractivity contribution is 0.0536. The lowest BCUT2D eigenvalue weighted by atomic mass is 10.1. The van der Waals surface area contributed by atoms with E-state index in [4.69, 9.17) is 23.2 Å². The third kappa shape index (κ3) is 4.02. The first-order chi connectivity index (χ1) is 13.9. The highest BCUT2D eigenvalue weighted by Crippen LogP contribution is 2.22. The Morgan fingerprint density at radius 3 is 2.07 bits per heavy atom. The smallest absolute Gasteiger partial charge is 0.256 e. The van der Waals surface area contributed by atoms with Gasteiger partial charge in [-0.3, -0.25) is 19.6 Å². The molecule has 1 aliphatic heterocycles. The van der Waals surface area contributed by atoms with Gasteiger partial charge in [-0.2, -0.15) is 0 Å². The number of amides is 2. The molecule has 0 N–H and O–H groups in total. The van der Waals surface area contributed by atoms with Crippen molar-refractivity contribution in [3.8, 4) is 0 Å². The van der Waals surface area contributed by atoms with Gasteiger partial charge in [-0.05, 0) is 24.3 Å². The average molecular weight is 433 g/mol. The van der Waals surface area contributed by atoms with Crippen LogP contribution in [0.15, 0.2) is 42.7 Å². The first kappa shape index (κ1) is 19.5. The van der Waals surface area contributed by atoms with Gasteiger partial charge in [0.2, 0.25) is 0 Å². The van der Waals surface area contributed by atoms with Crippen molar-refractivity contribution in [3.05, 3.63) is 69.7 Å². The molecular weight excluding hydrogens is 418 g/mol. The van der Waals surface area contributed by atoms with Crippen LogP contribution >= 0.6 is 23.2 Å². The summed E-state index contributed by atoms with van der Waals surface area (Å²) in [7, 11) is 0. The van der Waals surface area contributed by atoms with Crippen molar-refractivity contribution in [2.75, 3.05) is 26.2 Å². The lowest BCUT2D eigenvalue weighted by Gasteiger charge is -2.35. The van der Waals surface area contributed by atoms with Crippen molar-refractivity contribution in [1.82, 2.24) is 19.8 Å². The number of hydrogen-bond donors (Lipinski definition) is 0. The molecule has 1 fully saturated rings. The minimum atomic E-state index is -0.548. The predicted molar refractivity (Wildman–Crippen MR) is 108 cm³/mol. The van der Waals surface area contributed by atoms with E-state index >= 15 is 0 Å². The van der Waals surface area contributed by atoms with Crippen LogP contribution in [0.25, 0.3) is 11.0 Å². The molecule has 0 saturated carbocycles. The number of hydrogen-bond acceptors (Lipinski definition) is 4. The summed E-state index contributed by atoms with van der Waals surface area (Å²) in [6.07, 6.45) is 2.91. The van der Waals surface area contributed by atoms with Crippen molar-refractivity contribution < 1.29 is 14.0 Å². The first-order valence-corrected chi connectivity index (χ1v) is 9.63. The van der Waals surface area contributed by atoms with Crippen LogP contribution in [-0.4, -0.2) is 57.8 Å². The molecule has 29 heavy (non-hydrogen) atoms. The van der Waals surface area contributed by atoms with Crippen molar-refractivity contribution in [2.45, 2.75) is 0 Å². The topological polar surface area (TPSA) is 66.4 Å². The molecule has 0 spiro atoms. The summed E-state index contributed by atoms with van der Waals surface area (Å²) in [5.74, 6) is -1.09. The van der Waals surface area contributed by atoms with Gasteiger partial charge in [0.05, 0.1) is 11.1 Å². The molecule has 0 aliphatic carbocycles. The number of carbonyl (C=O) groups excluding carboxylic acids is 2. The maximum absolute atomic E-state index is 13.9. The Labute approximate surface area is 175 Å². The molecular formula is C20H15Cl2FN4O2. The van der Waals surface area contributed by atoms with E-state index in [1.807, 2.05) is 0 Å². The summed E-state index contributed by atoms with van der Waals surface area (Å²) in [5, 5.41) is 0.766. The summed E-state index contributed by atoms with van der Waals surface area (Å²) < 4.78 is 13.9. The zero-order valence-electron chi connectivity index (χ0n) is 15.1. The van der Waals surface area contributed by atoms with Crippen LogP contribution in [0.5, 0.6) is 0 Å². The number of fused-ring (bicyclic) bond motifs is 1. The van der Waals surface area contributed by atoms with Gasteiger partial charge in [0.1, 0.15) is 11.3 Å². The number of nitrogens with zero attached hydrogens (tertiary/aromatic N) is 4. The Morgan fingerprint density at radius 1 is 0.828 bits per heavy atom. The maximum Gasteiger partial charge on any atom is 0.256 e. The Bertz CT molecular complexity index is 1100. The number of piperazine rings is 1. The van der Waals surface area contributed by atoms with Crippen LogP contribution in [0, 0.1) is 5.82 Å². The molecule has 1 saturated heterocycles. The lowest BCUT2D eigenvalue weighted by Crippen LogP contribution is -2.50. The summed E-state index contributed by atoms with van der Waals surface area (Å²) in [5.41, 5.74) is 1.23. The molecule has 4 rings (SSSR count). The van der Waals surface area contributed by atoms with Crippen LogP contribution in [0.3, 0.4) is 0 Å². The summed E-state index contributed by atoms with van der Waals surface area (Å²) in [4.78, 5) is 37.1. The van der Waals surface area contributed by atoms with Gasteiger partial charge in [-0.25, -0.2) is 4.39 Å². The molecule has 0 bridgehead atoms. The predicted octanol–water partition coefficient (Wildman–Crippen LogP) is 3.67. The molecule has 3 aromatic rings. The van der Waals surface area contributed by atoms with Gasteiger partial charge in [-0.1, -0.05) is 23.2 Å². The Balaban J connectivity index is 1.50. The zero-order chi connectivity index (χ0) is 20.5. The van der Waals surface area contributed by atoms with Crippen molar-refractivity contribution in [3.63, 3.8) is 0 Å². The van der Waals surface area contributed by atoms with Gasteiger partial charge < -0.3 is 9.80 Å². The van der Waals surface area contributed by atoms with Crippen molar-refractivity contribution >= 4 is 46.0 Å². The van der Waals surface area contributed by atoms with E-state index in [0.29, 0.717) is 52.8 Å². The highest BCUT2D eigenvalue weighted by atomic mass is 35.5. The van der Waals surface area contributed by atoms with Crippen LogP contribution in [0.2, 0.25) is 10.0 Å². The maximum atomic E-state index is 13.9. The molecule has 1 aromatic heterocycles. The van der Waals surface area contributed by atoms with Crippen LogP contribution < -0.4 is 0 Å². The number of aromatic nitrogens is 2. The number of benzene rings is 2. The average Bonchev–Trinajstić information content (AvgIpc) is 2.71. The standard InChI is InChI=1S/C20H15Cl2FN4O2/c21-13-7-12(8-14(22)9-13)19(28)26-3-5-27(6-4-26)20(29)16-10-15(23)11-17-18(16)25-2-1-24-17/h1-2,7-11H,3-6H2. The van der Waals surface area contributed by atoms with E-state index in [1.165, 1.54) is 24.5 Å². The summed E-state index contributed by atoms with van der Waals surface area (Å²) in [6.45, 7) is 1.32. The summed E-state index contributed by atoms with van der Waals surface area (Å²) >= 11 is 12.0. The normalized spacial score (nSPS) is 14.3. The fraction of sp³-hybridized carbons (Fsp3) is 0.200. The zero-order valence-corrected chi connectivity index (χ0v) is 16.6. The van der Waals surface area contributed by atoms with Gasteiger partial charge in [0.15, 0.2) is 0 Å². The van der Waals surface area contributed by atoms with Gasteiger partial charge in [0, 0.05) is 60.2 Å². The fourth-order valence-corrected chi connectivity index (χ4v) is 3.87. The van der Waals surface area contributed by atoms with E-state index in [1.54, 1.807) is 28.0 Å². The Kier molecular flexibility index (Phi) is 5.34. The third-order valence-electron chi connectivity index (χ3n) is 4.73. The second-order valence-corrected chi connectivity index (χ2v) is 7.49. The molecule has 0 unspecified atom stereocenters. The van der Waals surface area contributed by atoms with Crippen LogP contribution in [-0.2, 0) is 0 Å². The van der Waals surface area contributed by atoms with E-state index in [2.05, 4.69) is 9.97 Å². The van der Waals surface area contributed by atoms with Crippen LogP contribution in [0.1, 0.15) is 20.7 Å². The van der Waals surface area contributed by atoms with E-state index in [-0.39, 0.29) is 17.4 Å². The molecule has 148 valence electrons. The monoisotopic (exact) mass is 432 g/mol. The quantitative estimate of drug-likeness (QED) is 0.619. The molecule has 2 aromatic carbocycles. The van der Waals surface area contributed by atoms with Gasteiger partial charge in [0.25, 0.3) is 11.8 Å². The largest absolute Gasteiger partial charge is 0.335 e. The third-order valence-corrected chi connectivity index (χ3v) is 5.17. The van der Waals surface area contributed by atoms with Gasteiger partial charge in [-0.15, -0.1) is 0 Å². The first-order valence-electron chi connectivity index (χ1n) is 8.87. The second-order valence-electron chi connectivity index (χ2n) is 6.62. The highest BCUT2D eigenvalue weighted by molar-refractivity contribution is 6.35. The minimum absolute atomic E-state index is 0.162. The van der Waals surface area contributed by atoms with E-state index < -0.39 is 5.82 Å². The Hall–Kier alpha value is -2.77. The molecule has 2 heterocycles. The van der Waals surface area contributed by atoms with Gasteiger partial charge >= 0.3 is 0 Å². The molecule has 2 amide bonds. The minimum Gasteiger partial charge on any atom is -0.335 e. The molecule has 1 aliphatic rings. The van der Waals surface area contributed by atoms with Crippen LogP contribution in [0.4, 0.5) is 4.39 Å². The Morgan fingerprint density at radius 2 is 1.41 bits per heavy atom. The highest BCUT2D eigenvalue weighted by Gasteiger charge is 2.27. The van der Waals surface area contributed by atoms with Crippen molar-refractivity contribution in [1.29, 1.82) is 0 Å². The number of halogens is 3. The number of carbonyl (C=O) groups is 2. The molecule has 6 nitrogen and oxygen atoms in total. The van der Waals surface area contributed by atoms with Crippen molar-refractivity contribution in [2.24, 2.45) is 0 Å². The molecule has 0 radical (unpaired) electrons. The van der Waals surface area contributed by atoms with E-state index in [0.717, 1.165) is 0 Å². The summed E-state index contributed by atoms with van der Waals surface area (Å²) in [6, 6.07) is 7.09.